The fourth-order valence-corrected chi connectivity index (χ4v) is 2.79. The molecular weight excluding hydrogens is 156 g/mol. The van der Waals surface area contributed by atoms with Crippen molar-refractivity contribution < 1.29 is 0 Å². The molecule has 0 radical (unpaired) electrons. The molecule has 0 aromatic carbocycles. The molecule has 0 saturated heterocycles. The van der Waals surface area contributed by atoms with Gasteiger partial charge in [-0.2, -0.15) is 0 Å². The molecule has 0 bridgehead atoms. The predicted molar refractivity (Wildman–Crippen MR) is 59.7 cm³/mol. The molecule has 3 unspecified atom stereocenters. The lowest BCUT2D eigenvalue weighted by Gasteiger charge is -2.29. The van der Waals surface area contributed by atoms with E-state index in [1.165, 1.54) is 32.1 Å². The van der Waals surface area contributed by atoms with Crippen LogP contribution < -0.4 is 0 Å². The van der Waals surface area contributed by atoms with Crippen molar-refractivity contribution in [1.29, 1.82) is 0 Å². The average Bonchev–Trinajstić information content (AvgIpc) is 2.80. The summed E-state index contributed by atoms with van der Waals surface area (Å²) in [5.74, 6) is 1.99. The van der Waals surface area contributed by atoms with E-state index in [4.69, 9.17) is 0 Å². The van der Waals surface area contributed by atoms with E-state index in [0.717, 1.165) is 11.8 Å². The van der Waals surface area contributed by atoms with Crippen molar-refractivity contribution >= 4 is 0 Å². The van der Waals surface area contributed by atoms with Crippen LogP contribution in [0.4, 0.5) is 0 Å². The van der Waals surface area contributed by atoms with Gasteiger partial charge in [0.25, 0.3) is 0 Å². The molecule has 0 N–H and O–H groups in total. The van der Waals surface area contributed by atoms with Gasteiger partial charge in [-0.05, 0) is 42.9 Å². The van der Waals surface area contributed by atoms with Crippen molar-refractivity contribution in [2.75, 3.05) is 0 Å². The Morgan fingerprint density at radius 1 is 1.46 bits per heavy atom. The highest BCUT2D eigenvalue weighted by molar-refractivity contribution is 4.96. The largest absolute Gasteiger partial charge is 0.103 e. The lowest BCUT2D eigenvalue weighted by atomic mass is 9.76. The average molecular weight is 180 g/mol. The zero-order valence-electron chi connectivity index (χ0n) is 9.47. The summed E-state index contributed by atoms with van der Waals surface area (Å²) in [5.41, 5.74) is 0.613. The first-order valence-electron chi connectivity index (χ1n) is 5.75. The van der Waals surface area contributed by atoms with Crippen LogP contribution in [0.2, 0.25) is 0 Å². The normalized spacial score (nSPS) is 31.0. The van der Waals surface area contributed by atoms with Gasteiger partial charge in [-0.1, -0.05) is 33.3 Å². The summed E-state index contributed by atoms with van der Waals surface area (Å²) in [6.45, 7) is 11.0. The van der Waals surface area contributed by atoms with Crippen LogP contribution in [0.1, 0.15) is 52.9 Å². The molecule has 1 saturated carbocycles. The molecule has 0 amide bonds. The van der Waals surface area contributed by atoms with E-state index < -0.39 is 0 Å². The van der Waals surface area contributed by atoms with Crippen LogP contribution in [0.3, 0.4) is 0 Å². The van der Waals surface area contributed by atoms with E-state index >= 15 is 0 Å². The zero-order valence-corrected chi connectivity index (χ0v) is 9.47. The molecule has 0 heteroatoms. The SMILES string of the molecule is C=CCCC(C)(CCC)C1CC1C. The Kier molecular flexibility index (Phi) is 3.58. The molecule has 1 aliphatic rings. The first-order chi connectivity index (χ1) is 6.14. The Morgan fingerprint density at radius 3 is 2.46 bits per heavy atom. The summed E-state index contributed by atoms with van der Waals surface area (Å²) >= 11 is 0. The smallest absolute Gasteiger partial charge is 0.0292 e. The van der Waals surface area contributed by atoms with E-state index in [9.17, 15) is 0 Å². The maximum Gasteiger partial charge on any atom is -0.0292 e. The molecule has 0 nitrogen and oxygen atoms in total. The summed E-state index contributed by atoms with van der Waals surface area (Å²) in [7, 11) is 0. The fraction of sp³-hybridized carbons (Fsp3) is 0.846. The summed E-state index contributed by atoms with van der Waals surface area (Å²) in [6, 6.07) is 0. The van der Waals surface area contributed by atoms with Crippen LogP contribution >= 0.6 is 0 Å². The third-order valence-electron chi connectivity index (χ3n) is 3.75. The van der Waals surface area contributed by atoms with E-state index in [0.29, 0.717) is 5.41 Å². The van der Waals surface area contributed by atoms with Gasteiger partial charge in [-0.3, -0.25) is 0 Å². The lowest BCUT2D eigenvalue weighted by Crippen LogP contribution is -2.19. The summed E-state index contributed by atoms with van der Waals surface area (Å²) < 4.78 is 0. The van der Waals surface area contributed by atoms with Crippen LogP contribution in [0.25, 0.3) is 0 Å². The maximum atomic E-state index is 3.82. The van der Waals surface area contributed by atoms with Gasteiger partial charge in [-0.15, -0.1) is 6.58 Å². The van der Waals surface area contributed by atoms with E-state index in [1.54, 1.807) is 0 Å². The van der Waals surface area contributed by atoms with Crippen molar-refractivity contribution in [2.45, 2.75) is 52.9 Å². The quantitative estimate of drug-likeness (QED) is 0.531. The van der Waals surface area contributed by atoms with Gasteiger partial charge in [0.2, 0.25) is 0 Å². The molecule has 0 aromatic rings. The highest BCUT2D eigenvalue weighted by Gasteiger charge is 2.45. The molecule has 0 aliphatic heterocycles. The molecule has 13 heavy (non-hydrogen) atoms. The van der Waals surface area contributed by atoms with Gasteiger partial charge in [0, 0.05) is 0 Å². The van der Waals surface area contributed by atoms with E-state index in [-0.39, 0.29) is 0 Å². The van der Waals surface area contributed by atoms with Crippen LogP contribution in [0.5, 0.6) is 0 Å². The van der Waals surface area contributed by atoms with Crippen molar-refractivity contribution in [3.8, 4) is 0 Å². The monoisotopic (exact) mass is 180 g/mol. The molecule has 3 atom stereocenters. The van der Waals surface area contributed by atoms with Crippen molar-refractivity contribution in [1.82, 2.24) is 0 Å². The second-order valence-electron chi connectivity index (χ2n) is 5.05. The van der Waals surface area contributed by atoms with Crippen LogP contribution in [-0.2, 0) is 0 Å². The third kappa shape index (κ3) is 2.59. The predicted octanol–water partition coefficient (Wildman–Crippen LogP) is 4.42. The third-order valence-corrected chi connectivity index (χ3v) is 3.75. The summed E-state index contributed by atoms with van der Waals surface area (Å²) in [5, 5.41) is 0. The standard InChI is InChI=1S/C13H24/c1-5-7-9-13(4,8-6-2)12-10-11(12)3/h5,11-12H,1,6-10H2,2-4H3. The molecule has 0 heterocycles. The zero-order chi connectivity index (χ0) is 9.90. The van der Waals surface area contributed by atoms with Crippen molar-refractivity contribution in [2.24, 2.45) is 17.3 Å². The Hall–Kier alpha value is -0.260. The summed E-state index contributed by atoms with van der Waals surface area (Å²) in [6.07, 6.45) is 8.81. The minimum atomic E-state index is 0.613. The molecule has 76 valence electrons. The number of rotatable bonds is 6. The Morgan fingerprint density at radius 2 is 2.08 bits per heavy atom. The lowest BCUT2D eigenvalue weighted by molar-refractivity contribution is 0.216. The van der Waals surface area contributed by atoms with Gasteiger partial charge in [0.15, 0.2) is 0 Å². The van der Waals surface area contributed by atoms with Crippen molar-refractivity contribution in [3.05, 3.63) is 12.7 Å². The van der Waals surface area contributed by atoms with Crippen molar-refractivity contribution in [3.63, 3.8) is 0 Å². The fourth-order valence-electron chi connectivity index (χ4n) is 2.79. The second-order valence-corrected chi connectivity index (χ2v) is 5.05. The van der Waals surface area contributed by atoms with Gasteiger partial charge in [-0.25, -0.2) is 0 Å². The molecule has 1 fully saturated rings. The van der Waals surface area contributed by atoms with Gasteiger partial charge >= 0.3 is 0 Å². The molecule has 1 aliphatic carbocycles. The molecule has 0 spiro atoms. The minimum absolute atomic E-state index is 0.613. The van der Waals surface area contributed by atoms with Gasteiger partial charge in [0.1, 0.15) is 0 Å². The van der Waals surface area contributed by atoms with E-state index in [1.807, 2.05) is 0 Å². The van der Waals surface area contributed by atoms with E-state index in [2.05, 4.69) is 33.4 Å². The number of hydrogen-bond acceptors (Lipinski definition) is 0. The number of hydrogen-bond donors (Lipinski definition) is 0. The van der Waals surface area contributed by atoms with Gasteiger partial charge < -0.3 is 0 Å². The highest BCUT2D eigenvalue weighted by atomic mass is 14.5. The first-order valence-corrected chi connectivity index (χ1v) is 5.75. The Bertz CT molecular complexity index is 171. The topological polar surface area (TPSA) is 0 Å². The molecular formula is C13H24. The molecule has 1 rings (SSSR count). The minimum Gasteiger partial charge on any atom is -0.103 e. The molecule has 0 aromatic heterocycles. The first kappa shape index (κ1) is 10.8. The number of allylic oxidation sites excluding steroid dienone is 1. The Balaban J connectivity index is 2.47. The van der Waals surface area contributed by atoms with Crippen LogP contribution in [-0.4, -0.2) is 0 Å². The van der Waals surface area contributed by atoms with Gasteiger partial charge in [0.05, 0.1) is 0 Å². The van der Waals surface area contributed by atoms with Crippen LogP contribution in [0.15, 0.2) is 12.7 Å². The highest BCUT2D eigenvalue weighted by Crippen LogP contribution is 2.54. The van der Waals surface area contributed by atoms with Crippen LogP contribution in [0, 0.1) is 17.3 Å². The summed E-state index contributed by atoms with van der Waals surface area (Å²) in [4.78, 5) is 0. The second kappa shape index (κ2) is 4.30. The Labute approximate surface area is 83.4 Å². The maximum absolute atomic E-state index is 3.82.